The molecule has 0 unspecified atom stereocenters. The van der Waals surface area contributed by atoms with Crippen molar-refractivity contribution in [1.82, 2.24) is 9.88 Å². The maximum absolute atomic E-state index is 11.5. The van der Waals surface area contributed by atoms with Gasteiger partial charge in [-0.2, -0.15) is 0 Å². The molecular weight excluding hydrogens is 284 g/mol. The number of ether oxygens (including phenoxy) is 1. The fourth-order valence-electron chi connectivity index (χ4n) is 1.80. The third kappa shape index (κ3) is 3.77. The molecule has 1 aliphatic rings. The molecule has 2 heterocycles. The van der Waals surface area contributed by atoms with Crippen molar-refractivity contribution in [3.05, 3.63) is 29.0 Å². The lowest BCUT2D eigenvalue weighted by molar-refractivity contribution is -0.146. The molecule has 20 heavy (non-hydrogen) atoms. The van der Waals surface area contributed by atoms with Gasteiger partial charge in [0.15, 0.2) is 0 Å². The topological polar surface area (TPSA) is 76.6 Å². The molecule has 6 nitrogen and oxygen atoms in total. The van der Waals surface area contributed by atoms with Gasteiger partial charge in [-0.05, 0) is 6.07 Å². The van der Waals surface area contributed by atoms with E-state index in [2.05, 4.69) is 4.98 Å². The van der Waals surface area contributed by atoms with Gasteiger partial charge in [-0.25, -0.2) is 4.98 Å². The van der Waals surface area contributed by atoms with Gasteiger partial charge in [-0.1, -0.05) is 17.7 Å². The lowest BCUT2D eigenvalue weighted by Gasteiger charge is -2.12. The molecule has 0 N–H and O–H groups in total. The maximum atomic E-state index is 11.5. The highest BCUT2D eigenvalue weighted by Gasteiger charge is 2.28. The van der Waals surface area contributed by atoms with Crippen LogP contribution in [0.1, 0.15) is 24.8 Å². The SMILES string of the molecule is O=C(CCN1C(=O)CCC1=O)OCc1ccc(Cl)nc1. The number of halogens is 1. The summed E-state index contributed by atoms with van der Waals surface area (Å²) in [5, 5.41) is 0.367. The Hall–Kier alpha value is -1.95. The quantitative estimate of drug-likeness (QED) is 0.465. The standard InChI is InChI=1S/C13H13ClN2O4/c14-10-2-1-9(7-15-10)8-20-13(19)5-6-16-11(17)3-4-12(16)18/h1-2,7H,3-6,8H2. The lowest BCUT2D eigenvalue weighted by atomic mass is 10.3. The Morgan fingerprint density at radius 2 is 2.00 bits per heavy atom. The van der Waals surface area contributed by atoms with Gasteiger partial charge in [0.25, 0.3) is 0 Å². The molecule has 2 amide bonds. The van der Waals surface area contributed by atoms with Crippen molar-refractivity contribution in [2.75, 3.05) is 6.54 Å². The van der Waals surface area contributed by atoms with Crippen LogP contribution in [0.25, 0.3) is 0 Å². The summed E-state index contributed by atoms with van der Waals surface area (Å²) in [4.78, 5) is 39.2. The van der Waals surface area contributed by atoms with Crippen molar-refractivity contribution in [2.24, 2.45) is 0 Å². The molecule has 1 fully saturated rings. The number of hydrogen-bond donors (Lipinski definition) is 0. The van der Waals surface area contributed by atoms with Crippen molar-refractivity contribution in [3.8, 4) is 0 Å². The third-order valence-electron chi connectivity index (χ3n) is 2.88. The van der Waals surface area contributed by atoms with Crippen LogP contribution in [0.5, 0.6) is 0 Å². The zero-order valence-corrected chi connectivity index (χ0v) is 11.4. The summed E-state index contributed by atoms with van der Waals surface area (Å²) >= 11 is 5.64. The number of pyridine rings is 1. The first kappa shape index (κ1) is 14.5. The van der Waals surface area contributed by atoms with Gasteiger partial charge in [0.2, 0.25) is 11.8 Å². The molecule has 0 saturated carbocycles. The van der Waals surface area contributed by atoms with Crippen LogP contribution in [-0.4, -0.2) is 34.2 Å². The van der Waals surface area contributed by atoms with Crippen LogP contribution in [0, 0.1) is 0 Å². The predicted molar refractivity (Wildman–Crippen MR) is 69.6 cm³/mol. The van der Waals surface area contributed by atoms with Gasteiger partial charge in [0, 0.05) is 31.1 Å². The number of nitrogens with zero attached hydrogens (tertiary/aromatic N) is 2. The van der Waals surface area contributed by atoms with Crippen LogP contribution < -0.4 is 0 Å². The Bertz CT molecular complexity index is 514. The molecule has 0 aliphatic carbocycles. The van der Waals surface area contributed by atoms with Crippen LogP contribution in [0.2, 0.25) is 5.15 Å². The van der Waals surface area contributed by atoms with E-state index in [4.69, 9.17) is 16.3 Å². The molecule has 0 atom stereocenters. The predicted octanol–water partition coefficient (Wildman–Crippen LogP) is 1.32. The minimum absolute atomic E-state index is 0.00149. The number of carbonyl (C=O) groups excluding carboxylic acids is 3. The van der Waals surface area contributed by atoms with Crippen molar-refractivity contribution in [3.63, 3.8) is 0 Å². The van der Waals surface area contributed by atoms with Gasteiger partial charge >= 0.3 is 5.97 Å². The molecule has 7 heteroatoms. The van der Waals surface area contributed by atoms with E-state index in [1.165, 1.54) is 6.20 Å². The molecule has 1 aliphatic heterocycles. The van der Waals surface area contributed by atoms with Crippen molar-refractivity contribution in [1.29, 1.82) is 0 Å². The Balaban J connectivity index is 1.74. The van der Waals surface area contributed by atoms with E-state index in [-0.39, 0.29) is 44.2 Å². The average Bonchev–Trinajstić information content (AvgIpc) is 2.75. The molecular formula is C13H13ClN2O4. The van der Waals surface area contributed by atoms with E-state index in [0.717, 1.165) is 10.5 Å². The highest BCUT2D eigenvalue weighted by molar-refractivity contribution is 6.29. The first-order valence-electron chi connectivity index (χ1n) is 6.15. The number of imide groups is 1. The van der Waals surface area contributed by atoms with Crippen LogP contribution in [0.4, 0.5) is 0 Å². The van der Waals surface area contributed by atoms with Crippen LogP contribution in [0.15, 0.2) is 18.3 Å². The Labute approximate surface area is 120 Å². The van der Waals surface area contributed by atoms with Crippen molar-refractivity contribution >= 4 is 29.4 Å². The van der Waals surface area contributed by atoms with Gasteiger partial charge in [-0.15, -0.1) is 0 Å². The summed E-state index contributed by atoms with van der Waals surface area (Å²) in [6, 6.07) is 3.31. The van der Waals surface area contributed by atoms with E-state index < -0.39 is 5.97 Å². The molecule has 0 spiro atoms. The average molecular weight is 297 g/mol. The van der Waals surface area contributed by atoms with Crippen molar-refractivity contribution < 1.29 is 19.1 Å². The van der Waals surface area contributed by atoms with Crippen LogP contribution >= 0.6 is 11.6 Å². The summed E-state index contributed by atoms with van der Waals surface area (Å²) in [6.07, 6.45) is 1.97. The second-order valence-corrected chi connectivity index (χ2v) is 4.73. The van der Waals surface area contributed by atoms with E-state index in [9.17, 15) is 14.4 Å². The number of likely N-dealkylation sites (tertiary alicyclic amines) is 1. The number of esters is 1. The maximum Gasteiger partial charge on any atom is 0.307 e. The Kier molecular flexibility index (Phi) is 4.68. The molecule has 1 aromatic heterocycles. The summed E-state index contributed by atoms with van der Waals surface area (Å²) < 4.78 is 5.03. The molecule has 0 radical (unpaired) electrons. The van der Waals surface area contributed by atoms with E-state index in [0.29, 0.717) is 5.15 Å². The normalized spacial score (nSPS) is 14.8. The third-order valence-corrected chi connectivity index (χ3v) is 3.11. The number of rotatable bonds is 5. The number of hydrogen-bond acceptors (Lipinski definition) is 5. The number of carbonyl (C=O) groups is 3. The smallest absolute Gasteiger partial charge is 0.307 e. The number of aromatic nitrogens is 1. The second-order valence-electron chi connectivity index (χ2n) is 4.34. The van der Waals surface area contributed by atoms with Crippen molar-refractivity contribution in [2.45, 2.75) is 25.9 Å². The molecule has 0 bridgehead atoms. The van der Waals surface area contributed by atoms with E-state index in [1.54, 1.807) is 12.1 Å². The van der Waals surface area contributed by atoms with Gasteiger partial charge < -0.3 is 4.74 Å². The first-order chi connectivity index (χ1) is 9.56. The lowest BCUT2D eigenvalue weighted by Crippen LogP contribution is -2.31. The van der Waals surface area contributed by atoms with Crippen LogP contribution in [0.3, 0.4) is 0 Å². The Morgan fingerprint density at radius 1 is 1.30 bits per heavy atom. The summed E-state index contributed by atoms with van der Waals surface area (Å²) in [5.74, 6) is -0.929. The van der Waals surface area contributed by atoms with Crippen LogP contribution in [-0.2, 0) is 25.7 Å². The van der Waals surface area contributed by atoms with Gasteiger partial charge in [0.05, 0.1) is 6.42 Å². The zero-order valence-electron chi connectivity index (χ0n) is 10.7. The van der Waals surface area contributed by atoms with Gasteiger partial charge in [-0.3, -0.25) is 19.3 Å². The van der Waals surface area contributed by atoms with E-state index >= 15 is 0 Å². The minimum Gasteiger partial charge on any atom is -0.461 e. The fraction of sp³-hybridized carbons (Fsp3) is 0.385. The largest absolute Gasteiger partial charge is 0.461 e. The molecule has 106 valence electrons. The highest BCUT2D eigenvalue weighted by atomic mass is 35.5. The number of amides is 2. The second kappa shape index (κ2) is 6.47. The highest BCUT2D eigenvalue weighted by Crippen LogP contribution is 2.12. The Morgan fingerprint density at radius 3 is 2.60 bits per heavy atom. The molecule has 1 saturated heterocycles. The van der Waals surface area contributed by atoms with E-state index in [1.807, 2.05) is 0 Å². The monoisotopic (exact) mass is 296 g/mol. The molecule has 2 rings (SSSR count). The fourth-order valence-corrected chi connectivity index (χ4v) is 1.91. The zero-order chi connectivity index (χ0) is 14.5. The summed E-state index contributed by atoms with van der Waals surface area (Å²) in [6.45, 7) is 0.167. The summed E-state index contributed by atoms with van der Waals surface area (Å²) in [7, 11) is 0. The van der Waals surface area contributed by atoms with Gasteiger partial charge in [0.1, 0.15) is 11.8 Å². The minimum atomic E-state index is -0.465. The molecule has 1 aromatic rings. The first-order valence-corrected chi connectivity index (χ1v) is 6.53. The molecule has 0 aromatic carbocycles. The summed E-state index contributed by atoms with van der Waals surface area (Å²) in [5.41, 5.74) is 0.719.